The standard InChI is InChI=1S/C13H17N5O/c1-10-7-14-16-13(10)11-3-6-17(8-11)12(19)9-18-5-2-4-15-18/h2,4-5,7,11H,3,6,8-9H2,1H3,(H,14,16)/t11-/m0/s1. The van der Waals surface area contributed by atoms with Gasteiger partial charge >= 0.3 is 0 Å². The fourth-order valence-electron chi connectivity index (χ4n) is 2.62. The number of likely N-dealkylation sites (tertiary alicyclic amines) is 1. The smallest absolute Gasteiger partial charge is 0.244 e. The molecule has 1 saturated heterocycles. The number of hydrogen-bond donors (Lipinski definition) is 1. The molecule has 1 aliphatic heterocycles. The van der Waals surface area contributed by atoms with E-state index in [1.54, 1.807) is 10.9 Å². The summed E-state index contributed by atoms with van der Waals surface area (Å²) in [6.45, 7) is 3.95. The molecule has 1 fully saturated rings. The Morgan fingerprint density at radius 1 is 1.58 bits per heavy atom. The number of hydrogen-bond acceptors (Lipinski definition) is 3. The third-order valence-corrected chi connectivity index (χ3v) is 3.67. The van der Waals surface area contributed by atoms with E-state index in [4.69, 9.17) is 0 Å². The van der Waals surface area contributed by atoms with Crippen LogP contribution in [0.1, 0.15) is 23.6 Å². The second-order valence-corrected chi connectivity index (χ2v) is 5.00. The van der Waals surface area contributed by atoms with Crippen molar-refractivity contribution in [3.05, 3.63) is 35.9 Å². The SMILES string of the molecule is Cc1cn[nH]c1[C@H]1CCN(C(=O)Cn2cccn2)C1. The number of H-pyrrole nitrogens is 1. The lowest BCUT2D eigenvalue weighted by Crippen LogP contribution is -2.31. The zero-order valence-electron chi connectivity index (χ0n) is 10.9. The Balaban J connectivity index is 1.63. The van der Waals surface area contributed by atoms with Gasteiger partial charge in [0.05, 0.1) is 6.20 Å². The lowest BCUT2D eigenvalue weighted by atomic mass is 10.0. The van der Waals surface area contributed by atoms with Gasteiger partial charge in [0.25, 0.3) is 0 Å². The molecule has 2 aromatic heterocycles. The first-order chi connectivity index (χ1) is 9.24. The zero-order chi connectivity index (χ0) is 13.2. The first kappa shape index (κ1) is 12.0. The lowest BCUT2D eigenvalue weighted by molar-refractivity contribution is -0.131. The predicted octanol–water partition coefficient (Wildman–Crippen LogP) is 0.931. The number of carbonyl (C=O) groups excluding carboxylic acids is 1. The van der Waals surface area contributed by atoms with E-state index >= 15 is 0 Å². The van der Waals surface area contributed by atoms with Crippen molar-refractivity contribution >= 4 is 5.91 Å². The molecule has 0 radical (unpaired) electrons. The van der Waals surface area contributed by atoms with Gasteiger partial charge in [0.1, 0.15) is 6.54 Å². The van der Waals surface area contributed by atoms with E-state index in [-0.39, 0.29) is 5.91 Å². The third-order valence-electron chi connectivity index (χ3n) is 3.67. The van der Waals surface area contributed by atoms with E-state index < -0.39 is 0 Å². The molecule has 3 rings (SSSR count). The minimum atomic E-state index is 0.128. The van der Waals surface area contributed by atoms with E-state index in [9.17, 15) is 4.79 Å². The highest BCUT2D eigenvalue weighted by atomic mass is 16.2. The summed E-state index contributed by atoms with van der Waals surface area (Å²) in [5.41, 5.74) is 2.33. The maximum absolute atomic E-state index is 12.2. The van der Waals surface area contributed by atoms with Gasteiger partial charge in [-0.2, -0.15) is 10.2 Å². The maximum atomic E-state index is 12.2. The average Bonchev–Trinajstić information content (AvgIpc) is 3.08. The van der Waals surface area contributed by atoms with Gasteiger partial charge in [-0.25, -0.2) is 0 Å². The predicted molar refractivity (Wildman–Crippen MR) is 69.5 cm³/mol. The number of amides is 1. The fourth-order valence-corrected chi connectivity index (χ4v) is 2.62. The van der Waals surface area contributed by atoms with Crippen molar-refractivity contribution in [3.8, 4) is 0 Å². The number of nitrogens with zero attached hydrogens (tertiary/aromatic N) is 4. The number of nitrogens with one attached hydrogen (secondary N) is 1. The number of rotatable bonds is 3. The molecule has 1 N–H and O–H groups in total. The molecular weight excluding hydrogens is 242 g/mol. The number of aromatic amines is 1. The summed E-state index contributed by atoms with van der Waals surface area (Å²) in [6, 6.07) is 1.83. The molecule has 6 heteroatoms. The van der Waals surface area contributed by atoms with Crippen molar-refractivity contribution < 1.29 is 4.79 Å². The van der Waals surface area contributed by atoms with E-state index in [2.05, 4.69) is 15.3 Å². The van der Waals surface area contributed by atoms with Gasteiger partial charge in [-0.15, -0.1) is 0 Å². The summed E-state index contributed by atoms with van der Waals surface area (Å²) in [5.74, 6) is 0.507. The fraction of sp³-hybridized carbons (Fsp3) is 0.462. The maximum Gasteiger partial charge on any atom is 0.244 e. The van der Waals surface area contributed by atoms with Crippen molar-refractivity contribution in [1.82, 2.24) is 24.9 Å². The van der Waals surface area contributed by atoms with Crippen molar-refractivity contribution in [2.75, 3.05) is 13.1 Å². The average molecular weight is 259 g/mol. The number of carbonyl (C=O) groups is 1. The number of aryl methyl sites for hydroxylation is 1. The van der Waals surface area contributed by atoms with Crippen molar-refractivity contribution in [1.29, 1.82) is 0 Å². The van der Waals surface area contributed by atoms with Crippen molar-refractivity contribution in [2.24, 2.45) is 0 Å². The Bertz CT molecular complexity index is 559. The first-order valence-electron chi connectivity index (χ1n) is 6.49. The molecule has 3 heterocycles. The van der Waals surface area contributed by atoms with Crippen LogP contribution in [0.15, 0.2) is 24.7 Å². The largest absolute Gasteiger partial charge is 0.340 e. The van der Waals surface area contributed by atoms with Crippen LogP contribution in [-0.2, 0) is 11.3 Å². The summed E-state index contributed by atoms with van der Waals surface area (Å²) < 4.78 is 1.66. The molecule has 1 atom stereocenters. The van der Waals surface area contributed by atoms with E-state index in [1.165, 1.54) is 5.56 Å². The highest BCUT2D eigenvalue weighted by Crippen LogP contribution is 2.27. The summed E-state index contributed by atoms with van der Waals surface area (Å²) in [5, 5.41) is 11.2. The highest BCUT2D eigenvalue weighted by molar-refractivity contribution is 5.76. The Kier molecular flexibility index (Phi) is 3.06. The van der Waals surface area contributed by atoms with Crippen LogP contribution in [0.4, 0.5) is 0 Å². The molecule has 19 heavy (non-hydrogen) atoms. The molecule has 0 aromatic carbocycles. The normalized spacial score (nSPS) is 19.0. The summed E-state index contributed by atoms with van der Waals surface area (Å²) in [7, 11) is 0. The van der Waals surface area contributed by atoms with Crippen LogP contribution in [0.2, 0.25) is 0 Å². The van der Waals surface area contributed by atoms with E-state index in [1.807, 2.05) is 30.3 Å². The van der Waals surface area contributed by atoms with Crippen LogP contribution in [0.25, 0.3) is 0 Å². The Morgan fingerprint density at radius 3 is 3.16 bits per heavy atom. The van der Waals surface area contributed by atoms with Gasteiger partial charge in [0.15, 0.2) is 0 Å². The minimum Gasteiger partial charge on any atom is -0.340 e. The van der Waals surface area contributed by atoms with Crippen molar-refractivity contribution in [2.45, 2.75) is 25.8 Å². The van der Waals surface area contributed by atoms with E-state index in [0.717, 1.165) is 25.2 Å². The van der Waals surface area contributed by atoms with Crippen LogP contribution in [0, 0.1) is 6.92 Å². The molecular formula is C13H17N5O. The molecule has 1 amide bonds. The molecule has 0 unspecified atom stereocenters. The molecule has 0 aliphatic carbocycles. The van der Waals surface area contributed by atoms with Crippen LogP contribution in [0.5, 0.6) is 0 Å². The molecule has 0 bridgehead atoms. The van der Waals surface area contributed by atoms with Gasteiger partial charge in [0, 0.05) is 37.1 Å². The minimum absolute atomic E-state index is 0.128. The van der Waals surface area contributed by atoms with Gasteiger partial charge < -0.3 is 4.90 Å². The first-order valence-corrected chi connectivity index (χ1v) is 6.49. The van der Waals surface area contributed by atoms with Gasteiger partial charge in [0.2, 0.25) is 5.91 Å². The summed E-state index contributed by atoms with van der Waals surface area (Å²) in [6.07, 6.45) is 6.33. The molecule has 6 nitrogen and oxygen atoms in total. The highest BCUT2D eigenvalue weighted by Gasteiger charge is 2.29. The molecule has 0 spiro atoms. The second-order valence-electron chi connectivity index (χ2n) is 5.00. The molecule has 0 saturated carbocycles. The Labute approximate surface area is 111 Å². The van der Waals surface area contributed by atoms with Gasteiger partial charge in [-0.05, 0) is 25.0 Å². The quantitative estimate of drug-likeness (QED) is 0.891. The Hall–Kier alpha value is -2.11. The summed E-state index contributed by atoms with van der Waals surface area (Å²) >= 11 is 0. The molecule has 2 aromatic rings. The van der Waals surface area contributed by atoms with E-state index in [0.29, 0.717) is 12.5 Å². The van der Waals surface area contributed by atoms with Gasteiger partial charge in [-0.3, -0.25) is 14.6 Å². The third kappa shape index (κ3) is 2.38. The van der Waals surface area contributed by atoms with Crippen LogP contribution >= 0.6 is 0 Å². The lowest BCUT2D eigenvalue weighted by Gasteiger charge is -2.16. The summed E-state index contributed by atoms with van der Waals surface area (Å²) in [4.78, 5) is 14.1. The number of aromatic nitrogens is 4. The topological polar surface area (TPSA) is 66.8 Å². The zero-order valence-corrected chi connectivity index (χ0v) is 10.9. The van der Waals surface area contributed by atoms with Crippen LogP contribution in [0.3, 0.4) is 0 Å². The van der Waals surface area contributed by atoms with Crippen LogP contribution < -0.4 is 0 Å². The second kappa shape index (κ2) is 4.87. The molecule has 1 aliphatic rings. The van der Waals surface area contributed by atoms with Crippen LogP contribution in [-0.4, -0.2) is 43.9 Å². The van der Waals surface area contributed by atoms with Gasteiger partial charge in [-0.1, -0.05) is 0 Å². The Morgan fingerprint density at radius 2 is 2.47 bits per heavy atom. The molecule has 100 valence electrons. The van der Waals surface area contributed by atoms with Crippen molar-refractivity contribution in [3.63, 3.8) is 0 Å². The monoisotopic (exact) mass is 259 g/mol.